The zero-order valence-electron chi connectivity index (χ0n) is 8.87. The van der Waals surface area contributed by atoms with E-state index in [9.17, 15) is 9.59 Å². The molecule has 5 heteroatoms. The Balaban J connectivity index is 2.51. The van der Waals surface area contributed by atoms with Crippen LogP contribution in [0.2, 0.25) is 0 Å². The van der Waals surface area contributed by atoms with Crippen molar-refractivity contribution in [3.8, 4) is 0 Å². The maximum Gasteiger partial charge on any atom is 0.509 e. The highest BCUT2D eigenvalue weighted by Crippen LogP contribution is 2.24. The third-order valence-electron chi connectivity index (χ3n) is 2.21. The maximum atomic E-state index is 11.1. The molecular formula is C10H14O5. The van der Waals surface area contributed by atoms with Crippen LogP contribution in [0.1, 0.15) is 20.3 Å². The number of cyclic esters (lactones) is 2. The summed E-state index contributed by atoms with van der Waals surface area (Å²) < 4.78 is 14.6. The van der Waals surface area contributed by atoms with Gasteiger partial charge in [-0.1, -0.05) is 13.5 Å². The molecule has 1 unspecified atom stereocenters. The van der Waals surface area contributed by atoms with E-state index in [1.807, 2.05) is 6.92 Å². The van der Waals surface area contributed by atoms with Crippen molar-refractivity contribution >= 4 is 12.1 Å². The summed E-state index contributed by atoms with van der Waals surface area (Å²) in [6.45, 7) is 6.95. The monoisotopic (exact) mass is 214 g/mol. The van der Waals surface area contributed by atoms with Gasteiger partial charge in [0.2, 0.25) is 0 Å². The normalized spacial score (nSPS) is 24.3. The van der Waals surface area contributed by atoms with Crippen molar-refractivity contribution in [1.29, 1.82) is 0 Å². The van der Waals surface area contributed by atoms with Crippen molar-refractivity contribution in [1.82, 2.24) is 0 Å². The first-order chi connectivity index (χ1) is 6.99. The molecule has 0 aromatic heterocycles. The average Bonchev–Trinajstić information content (AvgIpc) is 2.57. The number of hydrogen-bond acceptors (Lipinski definition) is 5. The quantitative estimate of drug-likeness (QED) is 0.523. The summed E-state index contributed by atoms with van der Waals surface area (Å²) in [6, 6.07) is 0. The Kier molecular flexibility index (Phi) is 3.34. The molecule has 0 aliphatic carbocycles. The predicted octanol–water partition coefficient (Wildman–Crippen LogP) is 1.42. The van der Waals surface area contributed by atoms with Gasteiger partial charge in [-0.15, -0.1) is 0 Å². The van der Waals surface area contributed by atoms with Gasteiger partial charge in [-0.25, -0.2) is 9.59 Å². The minimum absolute atomic E-state index is 0.000926. The van der Waals surface area contributed by atoms with E-state index < -0.39 is 17.7 Å². The fraction of sp³-hybridized carbons (Fsp3) is 0.600. The van der Waals surface area contributed by atoms with Gasteiger partial charge in [-0.05, 0) is 13.3 Å². The van der Waals surface area contributed by atoms with E-state index >= 15 is 0 Å². The molecule has 1 saturated heterocycles. The van der Waals surface area contributed by atoms with Gasteiger partial charge in [-0.2, -0.15) is 0 Å². The van der Waals surface area contributed by atoms with Crippen molar-refractivity contribution in [2.24, 2.45) is 0 Å². The maximum absolute atomic E-state index is 11.1. The Morgan fingerprint density at radius 2 is 2.33 bits per heavy atom. The van der Waals surface area contributed by atoms with E-state index in [0.29, 0.717) is 12.0 Å². The fourth-order valence-corrected chi connectivity index (χ4v) is 1.09. The first kappa shape index (κ1) is 11.6. The van der Waals surface area contributed by atoms with E-state index in [2.05, 4.69) is 11.3 Å². The highest BCUT2D eigenvalue weighted by molar-refractivity contribution is 5.87. The molecule has 1 atom stereocenters. The summed E-state index contributed by atoms with van der Waals surface area (Å²) in [5.74, 6) is -0.495. The summed E-state index contributed by atoms with van der Waals surface area (Å²) in [4.78, 5) is 21.9. The van der Waals surface area contributed by atoms with Gasteiger partial charge >= 0.3 is 12.1 Å². The molecule has 0 spiro atoms. The van der Waals surface area contributed by atoms with Crippen LogP contribution in [0.15, 0.2) is 12.2 Å². The van der Waals surface area contributed by atoms with E-state index in [1.165, 1.54) is 0 Å². The largest absolute Gasteiger partial charge is 0.509 e. The first-order valence-electron chi connectivity index (χ1n) is 4.67. The van der Waals surface area contributed by atoms with Crippen LogP contribution in [0, 0.1) is 0 Å². The van der Waals surface area contributed by atoms with Gasteiger partial charge < -0.3 is 14.2 Å². The molecule has 1 fully saturated rings. The number of ether oxygens (including phenoxy) is 3. The second-order valence-electron chi connectivity index (χ2n) is 3.53. The molecule has 0 aromatic carbocycles. The van der Waals surface area contributed by atoms with Crippen molar-refractivity contribution in [2.45, 2.75) is 25.9 Å². The van der Waals surface area contributed by atoms with Gasteiger partial charge in [0, 0.05) is 5.57 Å². The lowest BCUT2D eigenvalue weighted by Crippen LogP contribution is -2.37. The Bertz CT molecular complexity index is 296. The molecule has 1 aliphatic rings. The van der Waals surface area contributed by atoms with Crippen molar-refractivity contribution in [3.05, 3.63) is 12.2 Å². The minimum Gasteiger partial charge on any atom is -0.458 e. The van der Waals surface area contributed by atoms with Crippen molar-refractivity contribution < 1.29 is 23.8 Å². The third-order valence-corrected chi connectivity index (χ3v) is 2.21. The predicted molar refractivity (Wildman–Crippen MR) is 51.2 cm³/mol. The molecule has 15 heavy (non-hydrogen) atoms. The molecule has 1 heterocycles. The summed E-state index contributed by atoms with van der Waals surface area (Å²) in [7, 11) is 0. The zero-order chi connectivity index (χ0) is 11.5. The fourth-order valence-electron chi connectivity index (χ4n) is 1.09. The van der Waals surface area contributed by atoms with E-state index in [-0.39, 0.29) is 13.2 Å². The number of carbonyl (C=O) groups is 2. The second kappa shape index (κ2) is 4.33. The van der Waals surface area contributed by atoms with Gasteiger partial charge in [0.05, 0.1) is 0 Å². The van der Waals surface area contributed by atoms with Gasteiger partial charge in [0.1, 0.15) is 13.2 Å². The van der Waals surface area contributed by atoms with Crippen LogP contribution in [0.25, 0.3) is 0 Å². The molecule has 0 aromatic rings. The molecule has 5 nitrogen and oxygen atoms in total. The zero-order valence-corrected chi connectivity index (χ0v) is 8.87. The van der Waals surface area contributed by atoms with Crippen LogP contribution in [0.3, 0.4) is 0 Å². The lowest BCUT2D eigenvalue weighted by atomic mass is 10.0. The smallest absolute Gasteiger partial charge is 0.458 e. The molecule has 0 radical (unpaired) electrons. The van der Waals surface area contributed by atoms with Gasteiger partial charge in [0.25, 0.3) is 0 Å². The SMILES string of the molecule is C=C(C)C(=O)OCC1(CC)COC(=O)O1. The van der Waals surface area contributed by atoms with Crippen LogP contribution in [0.4, 0.5) is 4.79 Å². The Labute approximate surface area is 88.0 Å². The third kappa shape index (κ3) is 2.71. The number of rotatable bonds is 4. The van der Waals surface area contributed by atoms with Crippen molar-refractivity contribution in [2.75, 3.05) is 13.2 Å². The minimum atomic E-state index is -0.831. The van der Waals surface area contributed by atoms with Crippen LogP contribution in [-0.4, -0.2) is 30.9 Å². The molecule has 84 valence electrons. The molecule has 1 rings (SSSR count). The summed E-state index contributed by atoms with van der Waals surface area (Å²) in [5, 5.41) is 0. The van der Waals surface area contributed by atoms with Gasteiger partial charge in [0.15, 0.2) is 5.60 Å². The molecule has 1 aliphatic heterocycles. The molecule has 0 amide bonds. The Morgan fingerprint density at radius 3 is 2.73 bits per heavy atom. The number of carbonyl (C=O) groups excluding carboxylic acids is 2. The second-order valence-corrected chi connectivity index (χ2v) is 3.53. The van der Waals surface area contributed by atoms with Crippen LogP contribution >= 0.6 is 0 Å². The summed E-state index contributed by atoms with van der Waals surface area (Å²) >= 11 is 0. The first-order valence-corrected chi connectivity index (χ1v) is 4.67. The molecule has 0 bridgehead atoms. The molecular weight excluding hydrogens is 200 g/mol. The highest BCUT2D eigenvalue weighted by atomic mass is 16.8. The van der Waals surface area contributed by atoms with Crippen LogP contribution in [-0.2, 0) is 19.0 Å². The number of esters is 1. The topological polar surface area (TPSA) is 61.8 Å². The Hall–Kier alpha value is -1.52. The van der Waals surface area contributed by atoms with Crippen molar-refractivity contribution in [3.63, 3.8) is 0 Å². The van der Waals surface area contributed by atoms with Crippen LogP contribution in [0.5, 0.6) is 0 Å². The standard InChI is InChI=1S/C10H14O5/c1-4-10(6-14-9(12)15-10)5-13-8(11)7(2)3/h2,4-6H2,1,3H3. The summed E-state index contributed by atoms with van der Waals surface area (Å²) in [6.07, 6.45) is -0.189. The van der Waals surface area contributed by atoms with Gasteiger partial charge in [-0.3, -0.25) is 0 Å². The number of hydrogen-bond donors (Lipinski definition) is 0. The molecule has 0 saturated carbocycles. The van der Waals surface area contributed by atoms with Crippen LogP contribution < -0.4 is 0 Å². The van der Waals surface area contributed by atoms with E-state index in [0.717, 1.165) is 0 Å². The average molecular weight is 214 g/mol. The summed E-state index contributed by atoms with van der Waals surface area (Å²) in [5.41, 5.74) is -0.520. The lowest BCUT2D eigenvalue weighted by molar-refractivity contribution is -0.145. The Morgan fingerprint density at radius 1 is 1.67 bits per heavy atom. The highest BCUT2D eigenvalue weighted by Gasteiger charge is 2.42. The van der Waals surface area contributed by atoms with E-state index in [1.54, 1.807) is 6.92 Å². The lowest BCUT2D eigenvalue weighted by Gasteiger charge is -2.22. The van der Waals surface area contributed by atoms with E-state index in [4.69, 9.17) is 9.47 Å². The molecule has 0 N–H and O–H groups in total.